The maximum atomic E-state index is 4.01. The molecule has 0 spiro atoms. The number of hydrogen-bond donors (Lipinski definition) is 1. The fourth-order valence-corrected chi connectivity index (χ4v) is 10.1. The van der Waals surface area contributed by atoms with E-state index in [-0.39, 0.29) is 16.2 Å². The molecule has 0 saturated heterocycles. The topological polar surface area (TPSA) is 17.0 Å². The Morgan fingerprint density at radius 3 is 1.98 bits per heavy atom. The first-order chi connectivity index (χ1) is 27.8. The molecule has 2 aliphatic rings. The SMILES string of the molecule is CC(C)(C)c1ccc2c(c1)c1cc(C(C)(C)C)cc3c1n2-c1cc2ccccc2c(-c2cc4ccccc4cc2Nc2ccc4c(c2)-c2ccccc2C4(C)C)c1[B]3. The standard InChI is InChI=1S/C55H48BN2/c1-53(2,3)35-21-24-48-41(28-35)42-29-36(54(4,5)6)30-46-52(42)58(48)49-27-34-17-11-12-18-38(34)50(51(49)56-46)43-25-32-15-9-10-16-33(32)26-47(43)57-37-22-23-45-40(31-37)39-19-13-14-20-44(39)55(45,7)8/h9-31,57H,1-8H3. The highest BCUT2D eigenvalue weighted by atomic mass is 15.0. The van der Waals surface area contributed by atoms with Gasteiger partial charge < -0.3 is 9.88 Å². The minimum atomic E-state index is -0.0397. The maximum Gasteiger partial charge on any atom is 0.197 e. The summed E-state index contributed by atoms with van der Waals surface area (Å²) >= 11 is 0. The molecule has 1 aliphatic carbocycles. The Labute approximate surface area is 342 Å². The molecule has 0 unspecified atom stereocenters. The number of fused-ring (bicyclic) bond motifs is 10. The molecule has 3 heteroatoms. The molecule has 1 aromatic heterocycles. The second-order valence-corrected chi connectivity index (χ2v) is 19.4. The molecule has 281 valence electrons. The van der Waals surface area contributed by atoms with Crippen molar-refractivity contribution in [2.24, 2.45) is 0 Å². The third-order valence-corrected chi connectivity index (χ3v) is 13.2. The molecule has 9 aromatic rings. The average Bonchev–Trinajstić information content (AvgIpc) is 3.65. The van der Waals surface area contributed by atoms with Gasteiger partial charge in [-0.1, -0.05) is 152 Å². The van der Waals surface area contributed by atoms with E-state index in [0.29, 0.717) is 0 Å². The second-order valence-electron chi connectivity index (χ2n) is 19.4. The Morgan fingerprint density at radius 2 is 1.21 bits per heavy atom. The molecule has 0 saturated carbocycles. The van der Waals surface area contributed by atoms with Gasteiger partial charge in [-0.05, 0) is 125 Å². The monoisotopic (exact) mass is 747 g/mol. The van der Waals surface area contributed by atoms with Crippen molar-refractivity contribution in [3.8, 4) is 27.9 Å². The van der Waals surface area contributed by atoms with Crippen LogP contribution in [0.5, 0.6) is 0 Å². The smallest absolute Gasteiger partial charge is 0.197 e. The summed E-state index contributed by atoms with van der Waals surface area (Å²) in [5.41, 5.74) is 19.0. The molecule has 58 heavy (non-hydrogen) atoms. The summed E-state index contributed by atoms with van der Waals surface area (Å²) < 4.78 is 2.57. The summed E-state index contributed by atoms with van der Waals surface area (Å²) in [4.78, 5) is 0. The summed E-state index contributed by atoms with van der Waals surface area (Å²) in [5, 5.41) is 11.6. The number of rotatable bonds is 3. The van der Waals surface area contributed by atoms with Gasteiger partial charge in [-0.2, -0.15) is 0 Å². The zero-order valence-electron chi connectivity index (χ0n) is 34.8. The Balaban J connectivity index is 1.19. The van der Waals surface area contributed by atoms with Gasteiger partial charge >= 0.3 is 0 Å². The number of anilines is 2. The summed E-state index contributed by atoms with van der Waals surface area (Å²) in [7, 11) is 2.49. The Hall–Kier alpha value is -6.06. The molecule has 0 amide bonds. The molecule has 2 nitrogen and oxygen atoms in total. The zero-order valence-corrected chi connectivity index (χ0v) is 34.8. The largest absolute Gasteiger partial charge is 0.355 e. The van der Waals surface area contributed by atoms with Crippen molar-refractivity contribution in [2.75, 3.05) is 5.32 Å². The lowest BCUT2D eigenvalue weighted by Crippen LogP contribution is -2.38. The molecule has 8 aromatic carbocycles. The van der Waals surface area contributed by atoms with Crippen LogP contribution in [0, 0.1) is 0 Å². The third kappa shape index (κ3) is 5.11. The fourth-order valence-electron chi connectivity index (χ4n) is 10.1. The van der Waals surface area contributed by atoms with Crippen molar-refractivity contribution < 1.29 is 0 Å². The van der Waals surface area contributed by atoms with E-state index in [1.807, 2.05) is 0 Å². The molecule has 1 radical (unpaired) electrons. The normalized spacial score (nSPS) is 14.1. The van der Waals surface area contributed by atoms with E-state index in [1.165, 1.54) is 104 Å². The number of nitrogens with zero attached hydrogens (tertiary/aromatic N) is 1. The number of benzene rings is 8. The Morgan fingerprint density at radius 1 is 0.534 bits per heavy atom. The first-order valence-electron chi connectivity index (χ1n) is 20.8. The van der Waals surface area contributed by atoms with E-state index >= 15 is 0 Å². The number of hydrogen-bond acceptors (Lipinski definition) is 1. The summed E-state index contributed by atoms with van der Waals surface area (Å²) in [6, 6.07) is 52.9. The Kier molecular flexibility index (Phi) is 7.26. The predicted molar refractivity (Wildman–Crippen MR) is 251 cm³/mol. The van der Waals surface area contributed by atoms with E-state index < -0.39 is 0 Å². The Bertz CT molecular complexity index is 3220. The van der Waals surface area contributed by atoms with Crippen molar-refractivity contribution in [1.29, 1.82) is 0 Å². The van der Waals surface area contributed by atoms with Gasteiger partial charge in [-0.15, -0.1) is 0 Å². The molecular formula is C55H48BN2. The third-order valence-electron chi connectivity index (χ3n) is 13.2. The predicted octanol–water partition coefficient (Wildman–Crippen LogP) is 13.4. The highest BCUT2D eigenvalue weighted by Crippen LogP contribution is 2.50. The molecule has 2 heterocycles. The maximum absolute atomic E-state index is 4.01. The van der Waals surface area contributed by atoms with Crippen LogP contribution in [-0.2, 0) is 16.2 Å². The van der Waals surface area contributed by atoms with Gasteiger partial charge in [-0.3, -0.25) is 0 Å². The summed E-state index contributed by atoms with van der Waals surface area (Å²) in [6.07, 6.45) is 0. The molecule has 1 N–H and O–H groups in total. The van der Waals surface area contributed by atoms with Gasteiger partial charge in [0, 0.05) is 44.3 Å². The quantitative estimate of drug-likeness (QED) is 0.178. The van der Waals surface area contributed by atoms with Crippen molar-refractivity contribution in [2.45, 2.75) is 71.6 Å². The van der Waals surface area contributed by atoms with Gasteiger partial charge in [0.1, 0.15) is 0 Å². The van der Waals surface area contributed by atoms with Crippen molar-refractivity contribution >= 4 is 72.9 Å². The van der Waals surface area contributed by atoms with Gasteiger partial charge in [0.2, 0.25) is 0 Å². The minimum Gasteiger partial charge on any atom is -0.355 e. The lowest BCUT2D eigenvalue weighted by atomic mass is 9.57. The fraction of sp³-hybridized carbons (Fsp3) is 0.200. The van der Waals surface area contributed by atoms with Crippen LogP contribution in [0.2, 0.25) is 0 Å². The van der Waals surface area contributed by atoms with Crippen LogP contribution in [0.1, 0.15) is 77.6 Å². The second kappa shape index (κ2) is 12.0. The first kappa shape index (κ1) is 35.1. The van der Waals surface area contributed by atoms with Crippen LogP contribution >= 0.6 is 0 Å². The molecule has 0 fully saturated rings. The van der Waals surface area contributed by atoms with Crippen molar-refractivity contribution in [3.05, 3.63) is 162 Å². The van der Waals surface area contributed by atoms with E-state index in [4.69, 9.17) is 0 Å². The van der Waals surface area contributed by atoms with Crippen LogP contribution in [0.4, 0.5) is 11.4 Å². The minimum absolute atomic E-state index is 0.0118. The highest BCUT2D eigenvalue weighted by Gasteiger charge is 2.35. The van der Waals surface area contributed by atoms with Crippen LogP contribution in [0.3, 0.4) is 0 Å². The molecule has 0 bridgehead atoms. The zero-order chi connectivity index (χ0) is 39.9. The number of aromatic nitrogens is 1. The molecule has 0 atom stereocenters. The van der Waals surface area contributed by atoms with E-state index in [0.717, 1.165) is 11.4 Å². The van der Waals surface area contributed by atoms with Crippen LogP contribution in [0.15, 0.2) is 140 Å². The van der Waals surface area contributed by atoms with Gasteiger partial charge in [0.25, 0.3) is 0 Å². The van der Waals surface area contributed by atoms with Crippen LogP contribution in [0.25, 0.3) is 71.3 Å². The van der Waals surface area contributed by atoms with Crippen molar-refractivity contribution in [1.82, 2.24) is 4.57 Å². The van der Waals surface area contributed by atoms with E-state index in [1.54, 1.807) is 0 Å². The van der Waals surface area contributed by atoms with E-state index in [9.17, 15) is 0 Å². The lowest BCUT2D eigenvalue weighted by molar-refractivity contribution is 0.590. The molecule has 1 aliphatic heterocycles. The van der Waals surface area contributed by atoms with Crippen molar-refractivity contribution in [3.63, 3.8) is 0 Å². The van der Waals surface area contributed by atoms with E-state index in [2.05, 4.69) is 212 Å². The van der Waals surface area contributed by atoms with Crippen LogP contribution < -0.4 is 16.2 Å². The molecule has 11 rings (SSSR count). The first-order valence-corrected chi connectivity index (χ1v) is 20.8. The lowest BCUT2D eigenvalue weighted by Gasteiger charge is -2.28. The van der Waals surface area contributed by atoms with Crippen LogP contribution in [-0.4, -0.2) is 11.8 Å². The van der Waals surface area contributed by atoms with Gasteiger partial charge in [-0.25, -0.2) is 0 Å². The summed E-state index contributed by atoms with van der Waals surface area (Å²) in [5.74, 6) is 0. The van der Waals surface area contributed by atoms with Gasteiger partial charge in [0.05, 0.1) is 5.52 Å². The van der Waals surface area contributed by atoms with Gasteiger partial charge in [0.15, 0.2) is 7.28 Å². The highest BCUT2D eigenvalue weighted by molar-refractivity contribution is 6.74. The summed E-state index contributed by atoms with van der Waals surface area (Å²) in [6.45, 7) is 18.6. The average molecular weight is 748 g/mol. The number of nitrogens with one attached hydrogen (secondary N) is 1. The molecular weight excluding hydrogens is 699 g/mol.